The standard InChI is InChI=1S/C10H9NO3S/c1-13-8-4-9-7(11-5-15-9)3-6(8)10(12)14-2/h3-5H,1-2H3. The molecule has 0 N–H and O–H groups in total. The number of ether oxygens (including phenoxy) is 2. The van der Waals surface area contributed by atoms with Crippen LogP contribution in [0.15, 0.2) is 17.6 Å². The number of rotatable bonds is 2. The normalized spacial score (nSPS) is 10.3. The van der Waals surface area contributed by atoms with Gasteiger partial charge in [0.15, 0.2) is 0 Å². The highest BCUT2D eigenvalue weighted by atomic mass is 32.1. The SMILES string of the molecule is COC(=O)c1cc2ncsc2cc1OC. The molecule has 0 saturated carbocycles. The Morgan fingerprint density at radius 2 is 2.20 bits per heavy atom. The third-order valence-electron chi connectivity index (χ3n) is 2.06. The summed E-state index contributed by atoms with van der Waals surface area (Å²) in [7, 11) is 2.86. The van der Waals surface area contributed by atoms with Crippen molar-refractivity contribution in [3.8, 4) is 5.75 Å². The van der Waals surface area contributed by atoms with Crippen molar-refractivity contribution >= 4 is 27.5 Å². The van der Waals surface area contributed by atoms with Crippen molar-refractivity contribution in [3.63, 3.8) is 0 Å². The quantitative estimate of drug-likeness (QED) is 0.731. The van der Waals surface area contributed by atoms with Gasteiger partial charge in [-0.3, -0.25) is 0 Å². The van der Waals surface area contributed by atoms with E-state index in [1.165, 1.54) is 25.6 Å². The molecule has 0 spiro atoms. The highest BCUT2D eigenvalue weighted by Crippen LogP contribution is 2.28. The van der Waals surface area contributed by atoms with E-state index in [9.17, 15) is 4.79 Å². The van der Waals surface area contributed by atoms with Gasteiger partial charge in [0, 0.05) is 6.07 Å². The van der Waals surface area contributed by atoms with Crippen LogP contribution in [0.1, 0.15) is 10.4 Å². The molecule has 5 heteroatoms. The first-order valence-corrected chi connectivity index (χ1v) is 5.13. The third kappa shape index (κ3) is 1.66. The number of carbonyl (C=O) groups is 1. The molecule has 1 heterocycles. The molecule has 0 aliphatic carbocycles. The predicted molar refractivity (Wildman–Crippen MR) is 57.5 cm³/mol. The number of benzene rings is 1. The van der Waals surface area contributed by atoms with E-state index in [0.717, 1.165) is 10.2 Å². The lowest BCUT2D eigenvalue weighted by Gasteiger charge is -2.06. The topological polar surface area (TPSA) is 48.4 Å². The highest BCUT2D eigenvalue weighted by Gasteiger charge is 2.14. The van der Waals surface area contributed by atoms with Gasteiger partial charge in [-0.15, -0.1) is 11.3 Å². The number of esters is 1. The Morgan fingerprint density at radius 1 is 1.40 bits per heavy atom. The van der Waals surface area contributed by atoms with Gasteiger partial charge in [-0.05, 0) is 6.07 Å². The lowest BCUT2D eigenvalue weighted by molar-refractivity contribution is 0.0597. The summed E-state index contributed by atoms with van der Waals surface area (Å²) in [5.74, 6) is 0.0975. The van der Waals surface area contributed by atoms with Crippen molar-refractivity contribution in [1.82, 2.24) is 4.98 Å². The molecule has 0 atom stereocenters. The average Bonchev–Trinajstić information content (AvgIpc) is 2.73. The molecule has 4 nitrogen and oxygen atoms in total. The average molecular weight is 223 g/mol. The summed E-state index contributed by atoms with van der Waals surface area (Å²) < 4.78 is 10.8. The Labute approximate surface area is 90.5 Å². The molecule has 0 radical (unpaired) electrons. The van der Waals surface area contributed by atoms with Crippen molar-refractivity contribution in [1.29, 1.82) is 0 Å². The molecule has 0 unspecified atom stereocenters. The Bertz CT molecular complexity index is 506. The summed E-state index contributed by atoms with van der Waals surface area (Å²) >= 11 is 1.50. The molecular formula is C10H9NO3S. The molecular weight excluding hydrogens is 214 g/mol. The number of hydrogen-bond donors (Lipinski definition) is 0. The summed E-state index contributed by atoms with van der Waals surface area (Å²) in [5.41, 5.74) is 2.91. The maximum absolute atomic E-state index is 11.4. The summed E-state index contributed by atoms with van der Waals surface area (Å²) in [6.07, 6.45) is 0. The zero-order valence-corrected chi connectivity index (χ0v) is 9.13. The fourth-order valence-electron chi connectivity index (χ4n) is 1.32. The zero-order valence-electron chi connectivity index (χ0n) is 8.31. The lowest BCUT2D eigenvalue weighted by Crippen LogP contribution is -2.03. The largest absolute Gasteiger partial charge is 0.496 e. The second kappa shape index (κ2) is 3.86. The summed E-state index contributed by atoms with van der Waals surface area (Å²) in [4.78, 5) is 15.6. The minimum Gasteiger partial charge on any atom is -0.496 e. The van der Waals surface area contributed by atoms with Crippen LogP contribution in [0.25, 0.3) is 10.2 Å². The first-order valence-electron chi connectivity index (χ1n) is 4.26. The molecule has 1 aromatic carbocycles. The molecule has 2 rings (SSSR count). The van der Waals surface area contributed by atoms with Gasteiger partial charge >= 0.3 is 5.97 Å². The van der Waals surface area contributed by atoms with E-state index < -0.39 is 5.97 Å². The van der Waals surface area contributed by atoms with Crippen LogP contribution in [0, 0.1) is 0 Å². The van der Waals surface area contributed by atoms with Crippen LogP contribution in [0.3, 0.4) is 0 Å². The molecule has 0 fully saturated rings. The van der Waals surface area contributed by atoms with E-state index in [4.69, 9.17) is 4.74 Å². The van der Waals surface area contributed by atoms with Crippen LogP contribution >= 0.6 is 11.3 Å². The van der Waals surface area contributed by atoms with Crippen molar-refractivity contribution in [2.75, 3.05) is 14.2 Å². The van der Waals surface area contributed by atoms with Gasteiger partial charge in [0.05, 0.1) is 29.9 Å². The maximum atomic E-state index is 11.4. The molecule has 0 bridgehead atoms. The number of methoxy groups -OCH3 is 2. The van der Waals surface area contributed by atoms with Crippen molar-refractivity contribution < 1.29 is 14.3 Å². The second-order valence-electron chi connectivity index (χ2n) is 2.86. The van der Waals surface area contributed by atoms with E-state index >= 15 is 0 Å². The van der Waals surface area contributed by atoms with Gasteiger partial charge in [0.1, 0.15) is 11.3 Å². The number of thiazole rings is 1. The highest BCUT2D eigenvalue weighted by molar-refractivity contribution is 7.16. The monoisotopic (exact) mass is 223 g/mol. The maximum Gasteiger partial charge on any atom is 0.341 e. The summed E-state index contributed by atoms with van der Waals surface area (Å²) in [5, 5.41) is 0. The van der Waals surface area contributed by atoms with Gasteiger partial charge in [-0.25, -0.2) is 9.78 Å². The van der Waals surface area contributed by atoms with Crippen LogP contribution in [0.5, 0.6) is 5.75 Å². The minimum atomic E-state index is -0.415. The number of hydrogen-bond acceptors (Lipinski definition) is 5. The van der Waals surface area contributed by atoms with Crippen LogP contribution in [-0.2, 0) is 4.74 Å². The minimum absolute atomic E-state index is 0.401. The zero-order chi connectivity index (χ0) is 10.8. The molecule has 0 amide bonds. The molecule has 0 aliphatic rings. The van der Waals surface area contributed by atoms with Crippen LogP contribution in [-0.4, -0.2) is 25.2 Å². The molecule has 78 valence electrons. The summed E-state index contributed by atoms with van der Waals surface area (Å²) in [6.45, 7) is 0. The Morgan fingerprint density at radius 3 is 2.87 bits per heavy atom. The molecule has 2 aromatic rings. The molecule has 0 aliphatic heterocycles. The van der Waals surface area contributed by atoms with Gasteiger partial charge in [-0.1, -0.05) is 0 Å². The Kier molecular flexibility index (Phi) is 2.55. The summed E-state index contributed by atoms with van der Waals surface area (Å²) in [6, 6.07) is 3.47. The lowest BCUT2D eigenvalue weighted by atomic mass is 10.2. The number of nitrogens with zero attached hydrogens (tertiary/aromatic N) is 1. The van der Waals surface area contributed by atoms with Gasteiger partial charge in [0.25, 0.3) is 0 Å². The van der Waals surface area contributed by atoms with E-state index in [1.54, 1.807) is 17.6 Å². The predicted octanol–water partition coefficient (Wildman–Crippen LogP) is 2.09. The van der Waals surface area contributed by atoms with Gasteiger partial charge in [0.2, 0.25) is 0 Å². The van der Waals surface area contributed by atoms with Crippen LogP contribution in [0.4, 0.5) is 0 Å². The number of aromatic nitrogens is 1. The second-order valence-corrected chi connectivity index (χ2v) is 3.75. The number of fused-ring (bicyclic) bond motifs is 1. The molecule has 0 saturated heterocycles. The fraction of sp³-hybridized carbons (Fsp3) is 0.200. The van der Waals surface area contributed by atoms with E-state index in [1.807, 2.05) is 0 Å². The van der Waals surface area contributed by atoms with Crippen molar-refractivity contribution in [3.05, 3.63) is 23.2 Å². The van der Waals surface area contributed by atoms with Crippen LogP contribution in [0.2, 0.25) is 0 Å². The molecule has 1 aromatic heterocycles. The van der Waals surface area contributed by atoms with Crippen LogP contribution < -0.4 is 4.74 Å². The Balaban J connectivity index is 2.64. The van der Waals surface area contributed by atoms with E-state index in [-0.39, 0.29) is 0 Å². The van der Waals surface area contributed by atoms with Crippen molar-refractivity contribution in [2.24, 2.45) is 0 Å². The fourth-order valence-corrected chi connectivity index (χ4v) is 2.01. The Hall–Kier alpha value is -1.62. The van der Waals surface area contributed by atoms with Gasteiger partial charge in [-0.2, -0.15) is 0 Å². The third-order valence-corrected chi connectivity index (χ3v) is 2.85. The number of carbonyl (C=O) groups excluding carboxylic acids is 1. The first-order chi connectivity index (χ1) is 7.26. The van der Waals surface area contributed by atoms with E-state index in [0.29, 0.717) is 11.3 Å². The molecule has 15 heavy (non-hydrogen) atoms. The van der Waals surface area contributed by atoms with Crippen molar-refractivity contribution in [2.45, 2.75) is 0 Å². The first kappa shape index (κ1) is 9.92. The van der Waals surface area contributed by atoms with E-state index in [2.05, 4.69) is 9.72 Å². The smallest absolute Gasteiger partial charge is 0.341 e. The van der Waals surface area contributed by atoms with Gasteiger partial charge < -0.3 is 9.47 Å².